The molecule has 3 aromatic rings. The zero-order valence-electron chi connectivity index (χ0n) is 16.4. The van der Waals surface area contributed by atoms with E-state index in [4.69, 9.17) is 9.15 Å². The first kappa shape index (κ1) is 20.6. The Morgan fingerprint density at radius 1 is 1.12 bits per heavy atom. The van der Waals surface area contributed by atoms with Crippen molar-refractivity contribution < 1.29 is 37.0 Å². The number of alkyl halides is 2. The van der Waals surface area contributed by atoms with Gasteiger partial charge in [0.15, 0.2) is 28.2 Å². The predicted octanol–water partition coefficient (Wildman–Crippen LogP) is 4.59. The molecule has 8 nitrogen and oxygen atoms in total. The maximum atomic E-state index is 13.4. The van der Waals surface area contributed by atoms with E-state index < -0.39 is 12.2 Å². The van der Waals surface area contributed by atoms with Gasteiger partial charge in [-0.05, 0) is 37.1 Å². The Balaban J connectivity index is 1.45. The number of fused-ring (bicyclic) bond motifs is 1. The SMILES string of the molecule is O=C(Nc1nc(-c2ccco2)c(C(=O)C2CCOCC2)s1)c1cccc2c1OC(F)(F)O2. The lowest BCUT2D eigenvalue weighted by atomic mass is 9.94. The van der Waals surface area contributed by atoms with Crippen molar-refractivity contribution in [2.75, 3.05) is 18.5 Å². The minimum atomic E-state index is -3.85. The highest BCUT2D eigenvalue weighted by Crippen LogP contribution is 2.43. The number of Topliss-reactive ketones (excluding diaryl/α,β-unsaturated/α-hetero) is 1. The summed E-state index contributed by atoms with van der Waals surface area (Å²) in [5.41, 5.74) is 0.169. The van der Waals surface area contributed by atoms with Crippen LogP contribution in [0.3, 0.4) is 0 Å². The molecule has 1 amide bonds. The van der Waals surface area contributed by atoms with E-state index in [-0.39, 0.29) is 33.9 Å². The third-order valence-electron chi connectivity index (χ3n) is 5.09. The number of hydrogen-bond donors (Lipinski definition) is 1. The van der Waals surface area contributed by atoms with Crippen molar-refractivity contribution >= 4 is 28.2 Å². The Hall–Kier alpha value is -3.31. The second-order valence-electron chi connectivity index (χ2n) is 7.18. The van der Waals surface area contributed by atoms with Crippen molar-refractivity contribution in [3.05, 3.63) is 47.0 Å². The minimum absolute atomic E-state index is 0.102. The molecular formula is C21H16F2N2O6S. The molecule has 2 aliphatic rings. The molecule has 4 heterocycles. The Morgan fingerprint density at radius 3 is 2.69 bits per heavy atom. The fraction of sp³-hybridized carbons (Fsp3) is 0.286. The third kappa shape index (κ3) is 3.84. The average Bonchev–Trinajstić information content (AvgIpc) is 3.50. The molecule has 2 aliphatic heterocycles. The lowest BCUT2D eigenvalue weighted by Crippen LogP contribution is -2.26. The minimum Gasteiger partial charge on any atom is -0.463 e. The van der Waals surface area contributed by atoms with Gasteiger partial charge in [-0.2, -0.15) is 0 Å². The number of thiazole rings is 1. The first-order valence-corrected chi connectivity index (χ1v) is 10.6. The van der Waals surface area contributed by atoms with Crippen molar-refractivity contribution in [3.63, 3.8) is 0 Å². The molecule has 0 radical (unpaired) electrons. The Bertz CT molecular complexity index is 1170. The van der Waals surface area contributed by atoms with Crippen LogP contribution in [0.4, 0.5) is 13.9 Å². The molecule has 1 fully saturated rings. The van der Waals surface area contributed by atoms with E-state index >= 15 is 0 Å². The van der Waals surface area contributed by atoms with Crippen molar-refractivity contribution in [1.29, 1.82) is 0 Å². The number of carbonyl (C=O) groups is 2. The number of rotatable bonds is 5. The number of para-hydroxylation sites is 1. The summed E-state index contributed by atoms with van der Waals surface area (Å²) in [5.74, 6) is -1.27. The molecule has 0 bridgehead atoms. The van der Waals surface area contributed by atoms with Crippen molar-refractivity contribution in [3.8, 4) is 23.0 Å². The summed E-state index contributed by atoms with van der Waals surface area (Å²) >= 11 is 1.00. The number of nitrogens with one attached hydrogen (secondary N) is 1. The first-order chi connectivity index (χ1) is 15.4. The number of amides is 1. The Labute approximate surface area is 184 Å². The monoisotopic (exact) mass is 462 g/mol. The van der Waals surface area contributed by atoms with Gasteiger partial charge in [0.25, 0.3) is 5.91 Å². The Kier molecular flexibility index (Phi) is 5.14. The summed E-state index contributed by atoms with van der Waals surface area (Å²) in [6.45, 7) is 1.00. The van der Waals surface area contributed by atoms with Crippen molar-refractivity contribution in [2.24, 2.45) is 5.92 Å². The van der Waals surface area contributed by atoms with Crippen LogP contribution in [0, 0.1) is 5.92 Å². The van der Waals surface area contributed by atoms with Gasteiger partial charge in [-0.3, -0.25) is 14.9 Å². The summed E-state index contributed by atoms with van der Waals surface area (Å²) in [6.07, 6.45) is -1.20. The first-order valence-electron chi connectivity index (χ1n) is 9.78. The third-order valence-corrected chi connectivity index (χ3v) is 6.08. The molecular weight excluding hydrogens is 446 g/mol. The van der Waals surface area contributed by atoms with Crippen LogP contribution in [-0.4, -0.2) is 36.2 Å². The van der Waals surface area contributed by atoms with Gasteiger partial charge in [0, 0.05) is 19.1 Å². The molecule has 32 heavy (non-hydrogen) atoms. The second-order valence-corrected chi connectivity index (χ2v) is 8.18. The second kappa shape index (κ2) is 7.99. The number of furan rings is 1. The molecule has 11 heteroatoms. The lowest BCUT2D eigenvalue weighted by molar-refractivity contribution is -0.286. The molecule has 0 unspecified atom stereocenters. The largest absolute Gasteiger partial charge is 0.586 e. The number of ether oxygens (including phenoxy) is 3. The van der Waals surface area contributed by atoms with E-state index in [2.05, 4.69) is 19.8 Å². The zero-order valence-corrected chi connectivity index (χ0v) is 17.2. The van der Waals surface area contributed by atoms with Gasteiger partial charge in [-0.15, -0.1) is 8.78 Å². The van der Waals surface area contributed by atoms with Crippen LogP contribution >= 0.6 is 11.3 Å². The highest BCUT2D eigenvalue weighted by atomic mass is 32.1. The number of halogens is 2. The molecule has 1 N–H and O–H groups in total. The number of anilines is 1. The van der Waals surface area contributed by atoms with Crippen molar-refractivity contribution in [2.45, 2.75) is 19.1 Å². The van der Waals surface area contributed by atoms with Crippen LogP contribution in [0.15, 0.2) is 41.0 Å². The summed E-state index contributed by atoms with van der Waals surface area (Å²) in [5, 5.41) is 2.69. The van der Waals surface area contributed by atoms with E-state index in [9.17, 15) is 18.4 Å². The van der Waals surface area contributed by atoms with Gasteiger partial charge in [0.2, 0.25) is 0 Å². The number of carbonyl (C=O) groups excluding carboxylic acids is 2. The van der Waals surface area contributed by atoms with Gasteiger partial charge < -0.3 is 18.6 Å². The van der Waals surface area contributed by atoms with Gasteiger partial charge >= 0.3 is 6.29 Å². The fourth-order valence-electron chi connectivity index (χ4n) is 3.58. The van der Waals surface area contributed by atoms with Crippen LogP contribution < -0.4 is 14.8 Å². The molecule has 0 atom stereocenters. The standard InChI is InChI=1S/C21H16F2N2O6S/c22-21(23)30-14-4-1-3-12(17(14)31-21)19(27)25-20-24-15(13-5-2-8-29-13)18(32-20)16(26)11-6-9-28-10-7-11/h1-5,8,11H,6-7,9-10H2,(H,24,25,27). The molecule has 5 rings (SSSR count). The zero-order chi connectivity index (χ0) is 22.3. The quantitative estimate of drug-likeness (QED) is 0.554. The average molecular weight is 462 g/mol. The molecule has 1 saturated heterocycles. The van der Waals surface area contributed by atoms with E-state index in [1.807, 2.05) is 0 Å². The molecule has 0 aliphatic carbocycles. The maximum absolute atomic E-state index is 13.4. The van der Waals surface area contributed by atoms with Crippen LogP contribution in [0.25, 0.3) is 11.5 Å². The fourth-order valence-corrected chi connectivity index (χ4v) is 4.56. The van der Waals surface area contributed by atoms with Gasteiger partial charge in [-0.25, -0.2) is 4.98 Å². The Morgan fingerprint density at radius 2 is 1.94 bits per heavy atom. The molecule has 2 aromatic heterocycles. The van der Waals surface area contributed by atoms with Crippen LogP contribution in [0.2, 0.25) is 0 Å². The number of benzene rings is 1. The highest BCUT2D eigenvalue weighted by molar-refractivity contribution is 7.18. The van der Waals surface area contributed by atoms with E-state index in [0.717, 1.165) is 11.3 Å². The molecule has 0 saturated carbocycles. The van der Waals surface area contributed by atoms with E-state index in [1.54, 1.807) is 12.1 Å². The van der Waals surface area contributed by atoms with Crippen molar-refractivity contribution in [1.82, 2.24) is 4.98 Å². The lowest BCUT2D eigenvalue weighted by Gasteiger charge is -2.20. The number of nitrogens with zero attached hydrogens (tertiary/aromatic N) is 1. The van der Waals surface area contributed by atoms with Crippen LogP contribution in [0.5, 0.6) is 11.5 Å². The van der Waals surface area contributed by atoms with E-state index in [0.29, 0.717) is 42.4 Å². The highest BCUT2D eigenvalue weighted by Gasteiger charge is 2.45. The van der Waals surface area contributed by atoms with Gasteiger partial charge in [0.1, 0.15) is 10.6 Å². The number of hydrogen-bond acceptors (Lipinski definition) is 8. The predicted molar refractivity (Wildman–Crippen MR) is 108 cm³/mol. The number of aromatic nitrogens is 1. The smallest absolute Gasteiger partial charge is 0.463 e. The molecule has 166 valence electrons. The summed E-state index contributed by atoms with van der Waals surface area (Å²) < 4.78 is 46.5. The summed E-state index contributed by atoms with van der Waals surface area (Å²) in [7, 11) is 0. The topological polar surface area (TPSA) is 99.9 Å². The molecule has 0 spiro atoms. The van der Waals surface area contributed by atoms with Crippen LogP contribution in [0.1, 0.15) is 32.9 Å². The summed E-state index contributed by atoms with van der Waals surface area (Å²) in [6, 6.07) is 7.33. The normalized spacial score (nSPS) is 17.3. The number of ketones is 1. The molecule has 1 aromatic carbocycles. The summed E-state index contributed by atoms with van der Waals surface area (Å²) in [4.78, 5) is 30.7. The van der Waals surface area contributed by atoms with Crippen LogP contribution in [-0.2, 0) is 4.74 Å². The van der Waals surface area contributed by atoms with Gasteiger partial charge in [-0.1, -0.05) is 17.4 Å². The van der Waals surface area contributed by atoms with Gasteiger partial charge in [0.05, 0.1) is 11.8 Å². The maximum Gasteiger partial charge on any atom is 0.586 e. The van der Waals surface area contributed by atoms with E-state index in [1.165, 1.54) is 24.5 Å².